The Morgan fingerprint density at radius 3 is 2.93 bits per heavy atom. The van der Waals surface area contributed by atoms with Crippen molar-refractivity contribution in [1.82, 2.24) is 4.98 Å². The summed E-state index contributed by atoms with van der Waals surface area (Å²) in [5.41, 5.74) is 6.82. The van der Waals surface area contributed by atoms with Crippen LogP contribution in [0.4, 0.5) is 5.82 Å². The lowest BCUT2D eigenvalue weighted by Gasteiger charge is -2.17. The number of aliphatic hydroxyl groups excluding tert-OH is 1. The Morgan fingerprint density at radius 1 is 1.64 bits per heavy atom. The second kappa shape index (κ2) is 4.93. The van der Waals surface area contributed by atoms with Gasteiger partial charge in [0.1, 0.15) is 5.82 Å². The van der Waals surface area contributed by atoms with Gasteiger partial charge in [0.25, 0.3) is 0 Å². The Hall–Kier alpha value is -1.13. The van der Waals surface area contributed by atoms with Crippen molar-refractivity contribution in [2.45, 2.75) is 13.0 Å². The molecule has 1 heterocycles. The van der Waals surface area contributed by atoms with Gasteiger partial charge in [-0.2, -0.15) is 0 Å². The molecular formula is C10H17N3O. The van der Waals surface area contributed by atoms with E-state index >= 15 is 0 Å². The van der Waals surface area contributed by atoms with Crippen LogP contribution in [0.15, 0.2) is 18.3 Å². The van der Waals surface area contributed by atoms with E-state index in [-0.39, 0.29) is 12.6 Å². The highest BCUT2D eigenvalue weighted by Gasteiger charge is 2.04. The Balaban J connectivity index is 2.82. The summed E-state index contributed by atoms with van der Waals surface area (Å²) in [6.07, 6.45) is 1.74. The largest absolute Gasteiger partial charge is 0.395 e. The molecule has 1 unspecified atom stereocenters. The monoisotopic (exact) mass is 195 g/mol. The first-order valence-electron chi connectivity index (χ1n) is 4.68. The molecule has 0 amide bonds. The molecule has 0 bridgehead atoms. The summed E-state index contributed by atoms with van der Waals surface area (Å²) in [5, 5.41) is 8.78. The van der Waals surface area contributed by atoms with Crippen LogP contribution in [-0.4, -0.2) is 30.3 Å². The minimum absolute atomic E-state index is 0.0132. The summed E-state index contributed by atoms with van der Waals surface area (Å²) in [7, 11) is 1.89. The maximum atomic E-state index is 8.78. The summed E-state index contributed by atoms with van der Waals surface area (Å²) >= 11 is 0. The highest BCUT2D eigenvalue weighted by molar-refractivity contribution is 5.40. The SMILES string of the molecule is CC(N)c1ccnc(N(C)CCO)c1. The molecule has 1 rings (SSSR count). The number of hydrogen-bond acceptors (Lipinski definition) is 4. The zero-order chi connectivity index (χ0) is 10.6. The lowest BCUT2D eigenvalue weighted by Crippen LogP contribution is -2.22. The number of nitrogens with zero attached hydrogens (tertiary/aromatic N) is 2. The Kier molecular flexibility index (Phi) is 3.85. The lowest BCUT2D eigenvalue weighted by molar-refractivity contribution is 0.304. The molecule has 78 valence electrons. The Labute approximate surface area is 84.4 Å². The molecule has 4 heteroatoms. The maximum Gasteiger partial charge on any atom is 0.128 e. The van der Waals surface area contributed by atoms with Crippen LogP contribution in [0.2, 0.25) is 0 Å². The molecule has 1 aromatic rings. The van der Waals surface area contributed by atoms with Crippen LogP contribution in [-0.2, 0) is 0 Å². The van der Waals surface area contributed by atoms with Crippen molar-refractivity contribution >= 4 is 5.82 Å². The van der Waals surface area contributed by atoms with E-state index in [2.05, 4.69) is 4.98 Å². The van der Waals surface area contributed by atoms with Crippen LogP contribution in [0.1, 0.15) is 18.5 Å². The predicted molar refractivity (Wildman–Crippen MR) is 57.2 cm³/mol. The van der Waals surface area contributed by atoms with Crippen LogP contribution in [0.25, 0.3) is 0 Å². The summed E-state index contributed by atoms with van der Waals surface area (Å²) in [4.78, 5) is 6.09. The normalized spacial score (nSPS) is 12.6. The second-order valence-electron chi connectivity index (χ2n) is 3.38. The molecule has 0 aromatic carbocycles. The molecule has 0 spiro atoms. The number of anilines is 1. The zero-order valence-electron chi connectivity index (χ0n) is 8.64. The topological polar surface area (TPSA) is 62.4 Å². The third-order valence-corrected chi connectivity index (χ3v) is 2.12. The quantitative estimate of drug-likeness (QED) is 0.735. The molecule has 0 fully saturated rings. The first-order valence-corrected chi connectivity index (χ1v) is 4.68. The molecule has 1 atom stereocenters. The van der Waals surface area contributed by atoms with E-state index in [0.29, 0.717) is 6.54 Å². The van der Waals surface area contributed by atoms with E-state index in [4.69, 9.17) is 10.8 Å². The van der Waals surface area contributed by atoms with Crippen molar-refractivity contribution in [3.63, 3.8) is 0 Å². The first-order chi connectivity index (χ1) is 6.65. The molecule has 0 aliphatic rings. The van der Waals surface area contributed by atoms with E-state index in [1.165, 1.54) is 0 Å². The number of hydrogen-bond donors (Lipinski definition) is 2. The first kappa shape index (κ1) is 10.9. The molecule has 0 aliphatic heterocycles. The van der Waals surface area contributed by atoms with Crippen LogP contribution in [0.3, 0.4) is 0 Å². The van der Waals surface area contributed by atoms with Crippen molar-refractivity contribution in [2.75, 3.05) is 25.1 Å². The van der Waals surface area contributed by atoms with Crippen LogP contribution in [0, 0.1) is 0 Å². The van der Waals surface area contributed by atoms with Crippen LogP contribution in [0.5, 0.6) is 0 Å². The van der Waals surface area contributed by atoms with Gasteiger partial charge in [0, 0.05) is 25.8 Å². The molecule has 0 saturated heterocycles. The summed E-state index contributed by atoms with van der Waals surface area (Å²) in [6.45, 7) is 2.64. The van der Waals surface area contributed by atoms with E-state index < -0.39 is 0 Å². The van der Waals surface area contributed by atoms with Crippen molar-refractivity contribution in [2.24, 2.45) is 5.73 Å². The van der Waals surface area contributed by atoms with Gasteiger partial charge in [0.2, 0.25) is 0 Å². The molecule has 1 aromatic heterocycles. The van der Waals surface area contributed by atoms with Gasteiger partial charge in [0.15, 0.2) is 0 Å². The van der Waals surface area contributed by atoms with Crippen molar-refractivity contribution in [1.29, 1.82) is 0 Å². The smallest absolute Gasteiger partial charge is 0.128 e. The molecule has 0 aliphatic carbocycles. The van der Waals surface area contributed by atoms with Gasteiger partial charge in [-0.1, -0.05) is 0 Å². The average Bonchev–Trinajstić information content (AvgIpc) is 2.18. The third-order valence-electron chi connectivity index (χ3n) is 2.12. The highest BCUT2D eigenvalue weighted by atomic mass is 16.3. The van der Waals surface area contributed by atoms with Gasteiger partial charge >= 0.3 is 0 Å². The second-order valence-corrected chi connectivity index (χ2v) is 3.38. The minimum Gasteiger partial charge on any atom is -0.395 e. The van der Waals surface area contributed by atoms with Crippen LogP contribution >= 0.6 is 0 Å². The van der Waals surface area contributed by atoms with Crippen molar-refractivity contribution < 1.29 is 5.11 Å². The number of pyridine rings is 1. The fourth-order valence-electron chi connectivity index (χ4n) is 1.19. The zero-order valence-corrected chi connectivity index (χ0v) is 8.64. The van der Waals surface area contributed by atoms with E-state index in [9.17, 15) is 0 Å². The van der Waals surface area contributed by atoms with Gasteiger partial charge in [-0.3, -0.25) is 0 Å². The van der Waals surface area contributed by atoms with E-state index in [0.717, 1.165) is 11.4 Å². The average molecular weight is 195 g/mol. The number of aliphatic hydroxyl groups is 1. The van der Waals surface area contributed by atoms with Gasteiger partial charge < -0.3 is 15.7 Å². The highest BCUT2D eigenvalue weighted by Crippen LogP contribution is 2.15. The Morgan fingerprint density at radius 2 is 2.36 bits per heavy atom. The summed E-state index contributed by atoms with van der Waals surface area (Å²) in [6, 6.07) is 3.86. The molecular weight excluding hydrogens is 178 g/mol. The molecule has 0 saturated carbocycles. The Bertz CT molecular complexity index is 288. The summed E-state index contributed by atoms with van der Waals surface area (Å²) in [5.74, 6) is 0.842. The summed E-state index contributed by atoms with van der Waals surface area (Å²) < 4.78 is 0. The number of rotatable bonds is 4. The lowest BCUT2D eigenvalue weighted by atomic mass is 10.1. The van der Waals surface area contributed by atoms with Crippen molar-refractivity contribution in [3.8, 4) is 0 Å². The fourth-order valence-corrected chi connectivity index (χ4v) is 1.19. The van der Waals surface area contributed by atoms with Crippen LogP contribution < -0.4 is 10.6 Å². The molecule has 3 N–H and O–H groups in total. The fraction of sp³-hybridized carbons (Fsp3) is 0.500. The van der Waals surface area contributed by atoms with Gasteiger partial charge in [-0.25, -0.2) is 4.98 Å². The van der Waals surface area contributed by atoms with Gasteiger partial charge in [-0.15, -0.1) is 0 Å². The molecule has 0 radical (unpaired) electrons. The van der Waals surface area contributed by atoms with Gasteiger partial charge in [0.05, 0.1) is 6.61 Å². The molecule has 4 nitrogen and oxygen atoms in total. The van der Waals surface area contributed by atoms with Crippen molar-refractivity contribution in [3.05, 3.63) is 23.9 Å². The standard InChI is InChI=1S/C10H17N3O/c1-8(11)9-3-4-12-10(7-9)13(2)5-6-14/h3-4,7-8,14H,5-6,11H2,1-2H3. The maximum absolute atomic E-state index is 8.78. The number of likely N-dealkylation sites (N-methyl/N-ethyl adjacent to an activating group) is 1. The van der Waals surface area contributed by atoms with E-state index in [1.54, 1.807) is 6.20 Å². The number of nitrogens with two attached hydrogens (primary N) is 1. The molecule has 14 heavy (non-hydrogen) atoms. The number of aromatic nitrogens is 1. The van der Waals surface area contributed by atoms with E-state index in [1.807, 2.05) is 31.0 Å². The predicted octanol–water partition coefficient (Wildman–Crippen LogP) is 0.530. The minimum atomic E-state index is 0.0132. The van der Waals surface area contributed by atoms with Gasteiger partial charge in [-0.05, 0) is 24.6 Å². The third kappa shape index (κ3) is 2.68.